The molecule has 35 heavy (non-hydrogen) atoms. The Kier molecular flexibility index (Phi) is 10.5. The largest absolute Gasteiger partial charge is 0.445 e. The standard InChI is InChI=1S/C30H42N2O3/c33-30(35-25-27-14-7-4-8-15-27)32(24-26-12-5-3-6-13-26)28-16-18-29(19-17-28)34-23-10-2-1-9-20-31-21-11-22-31/h3-8,12-15,28-29H,1-2,9-11,16-25H2/t28-,29-. The first-order valence-corrected chi connectivity index (χ1v) is 13.6. The Morgan fingerprint density at radius 1 is 0.829 bits per heavy atom. The molecule has 0 atom stereocenters. The second kappa shape index (κ2) is 14.3. The maximum Gasteiger partial charge on any atom is 0.410 e. The van der Waals surface area contributed by atoms with Gasteiger partial charge < -0.3 is 19.3 Å². The quantitative estimate of drug-likeness (QED) is 0.312. The molecule has 0 spiro atoms. The minimum Gasteiger partial charge on any atom is -0.445 e. The summed E-state index contributed by atoms with van der Waals surface area (Å²) in [6.45, 7) is 5.65. The van der Waals surface area contributed by atoms with Gasteiger partial charge in [-0.2, -0.15) is 0 Å². The highest BCUT2D eigenvalue weighted by Crippen LogP contribution is 2.27. The highest BCUT2D eigenvalue weighted by atomic mass is 16.6. The van der Waals surface area contributed by atoms with E-state index in [-0.39, 0.29) is 12.1 Å². The SMILES string of the molecule is O=C(OCc1ccccc1)N(Cc1ccccc1)[C@H]1CC[C@H](OCCCCCCN2CCC2)CC1. The van der Waals surface area contributed by atoms with Gasteiger partial charge in [0, 0.05) is 19.2 Å². The maximum absolute atomic E-state index is 13.1. The van der Waals surface area contributed by atoms with E-state index in [1.54, 1.807) is 0 Å². The van der Waals surface area contributed by atoms with E-state index in [0.29, 0.717) is 19.3 Å². The summed E-state index contributed by atoms with van der Waals surface area (Å²) in [5.41, 5.74) is 2.15. The molecular weight excluding hydrogens is 436 g/mol. The monoisotopic (exact) mass is 478 g/mol. The van der Waals surface area contributed by atoms with E-state index in [0.717, 1.165) is 49.8 Å². The molecule has 4 rings (SSSR count). The minimum atomic E-state index is -0.222. The average molecular weight is 479 g/mol. The summed E-state index contributed by atoms with van der Waals surface area (Å²) in [4.78, 5) is 17.6. The number of hydrogen-bond donors (Lipinski definition) is 0. The molecule has 5 heteroatoms. The minimum absolute atomic E-state index is 0.194. The molecule has 1 aliphatic carbocycles. The summed E-state index contributed by atoms with van der Waals surface area (Å²) in [5, 5.41) is 0. The number of benzene rings is 2. The lowest BCUT2D eigenvalue weighted by atomic mass is 9.91. The van der Waals surface area contributed by atoms with Gasteiger partial charge in [0.25, 0.3) is 0 Å². The van der Waals surface area contributed by atoms with Gasteiger partial charge in [-0.05, 0) is 75.7 Å². The Bertz CT molecular complexity index is 848. The smallest absolute Gasteiger partial charge is 0.410 e. The molecule has 5 nitrogen and oxygen atoms in total. The molecule has 190 valence electrons. The van der Waals surface area contributed by atoms with Gasteiger partial charge in [0.15, 0.2) is 0 Å². The molecule has 0 unspecified atom stereocenters. The van der Waals surface area contributed by atoms with Crippen molar-refractivity contribution in [2.75, 3.05) is 26.2 Å². The van der Waals surface area contributed by atoms with Crippen molar-refractivity contribution < 1.29 is 14.3 Å². The number of nitrogens with zero attached hydrogens (tertiary/aromatic N) is 2. The topological polar surface area (TPSA) is 42.0 Å². The zero-order valence-electron chi connectivity index (χ0n) is 21.2. The highest BCUT2D eigenvalue weighted by molar-refractivity contribution is 5.68. The van der Waals surface area contributed by atoms with Gasteiger partial charge in [0.05, 0.1) is 6.10 Å². The summed E-state index contributed by atoms with van der Waals surface area (Å²) in [6.07, 6.45) is 10.5. The summed E-state index contributed by atoms with van der Waals surface area (Å²) in [5.74, 6) is 0. The molecule has 2 aromatic rings. The lowest BCUT2D eigenvalue weighted by Crippen LogP contribution is -2.43. The number of carbonyl (C=O) groups excluding carboxylic acids is 1. The number of unbranched alkanes of at least 4 members (excludes halogenated alkanes) is 3. The van der Waals surface area contributed by atoms with Crippen molar-refractivity contribution in [2.24, 2.45) is 0 Å². The van der Waals surface area contributed by atoms with Crippen LogP contribution >= 0.6 is 0 Å². The molecule has 0 aromatic heterocycles. The van der Waals surface area contributed by atoms with Crippen LogP contribution in [0.5, 0.6) is 0 Å². The third-order valence-corrected chi connectivity index (χ3v) is 7.39. The van der Waals surface area contributed by atoms with Gasteiger partial charge in [0.1, 0.15) is 6.61 Å². The number of ether oxygens (including phenoxy) is 2. The van der Waals surface area contributed by atoms with Crippen molar-refractivity contribution >= 4 is 6.09 Å². The molecule has 2 fully saturated rings. The van der Waals surface area contributed by atoms with Gasteiger partial charge >= 0.3 is 6.09 Å². The van der Waals surface area contributed by atoms with Crippen LogP contribution in [-0.2, 0) is 22.6 Å². The van der Waals surface area contributed by atoms with Crippen LogP contribution in [0.2, 0.25) is 0 Å². The van der Waals surface area contributed by atoms with E-state index in [1.165, 1.54) is 45.3 Å². The highest BCUT2D eigenvalue weighted by Gasteiger charge is 2.30. The van der Waals surface area contributed by atoms with E-state index in [9.17, 15) is 4.79 Å². The molecule has 2 aliphatic rings. The normalized spacial score (nSPS) is 20.2. The van der Waals surface area contributed by atoms with Gasteiger partial charge in [-0.25, -0.2) is 4.79 Å². The lowest BCUT2D eigenvalue weighted by Gasteiger charge is -2.36. The molecule has 1 heterocycles. The Labute approximate surface area is 211 Å². The van der Waals surface area contributed by atoms with Crippen LogP contribution in [0, 0.1) is 0 Å². The Morgan fingerprint density at radius 2 is 1.49 bits per heavy atom. The van der Waals surface area contributed by atoms with Crippen molar-refractivity contribution in [3.63, 3.8) is 0 Å². The van der Waals surface area contributed by atoms with Crippen molar-refractivity contribution in [1.82, 2.24) is 9.80 Å². The van der Waals surface area contributed by atoms with Crippen LogP contribution in [-0.4, -0.2) is 54.3 Å². The molecule has 1 amide bonds. The van der Waals surface area contributed by atoms with Crippen LogP contribution in [0.15, 0.2) is 60.7 Å². The van der Waals surface area contributed by atoms with Crippen LogP contribution in [0.25, 0.3) is 0 Å². The predicted octanol–water partition coefficient (Wildman–Crippen LogP) is 6.42. The van der Waals surface area contributed by atoms with Crippen LogP contribution in [0.3, 0.4) is 0 Å². The zero-order valence-corrected chi connectivity index (χ0v) is 21.2. The van der Waals surface area contributed by atoms with Gasteiger partial charge in [-0.3, -0.25) is 0 Å². The van der Waals surface area contributed by atoms with Crippen LogP contribution < -0.4 is 0 Å². The first-order valence-electron chi connectivity index (χ1n) is 13.6. The van der Waals surface area contributed by atoms with E-state index >= 15 is 0 Å². The Hall–Kier alpha value is -2.37. The van der Waals surface area contributed by atoms with Gasteiger partial charge in [-0.1, -0.05) is 73.5 Å². The van der Waals surface area contributed by atoms with E-state index in [1.807, 2.05) is 53.4 Å². The van der Waals surface area contributed by atoms with Crippen molar-refractivity contribution in [1.29, 1.82) is 0 Å². The van der Waals surface area contributed by atoms with E-state index in [2.05, 4.69) is 17.0 Å². The number of carbonyl (C=O) groups is 1. The Balaban J connectivity index is 1.19. The molecule has 1 saturated carbocycles. The summed E-state index contributed by atoms with van der Waals surface area (Å²) >= 11 is 0. The van der Waals surface area contributed by atoms with Crippen molar-refractivity contribution in [3.05, 3.63) is 71.8 Å². The molecule has 1 saturated heterocycles. The number of rotatable bonds is 13. The molecule has 0 bridgehead atoms. The molecule has 0 N–H and O–H groups in total. The Morgan fingerprint density at radius 3 is 2.14 bits per heavy atom. The molecular formula is C30H42N2O3. The summed E-state index contributed by atoms with van der Waals surface area (Å²) < 4.78 is 11.9. The van der Waals surface area contributed by atoms with E-state index < -0.39 is 0 Å². The molecule has 2 aromatic carbocycles. The second-order valence-electron chi connectivity index (χ2n) is 10.1. The molecule has 0 radical (unpaired) electrons. The summed E-state index contributed by atoms with van der Waals surface area (Å²) in [7, 11) is 0. The van der Waals surface area contributed by atoms with Gasteiger partial charge in [-0.15, -0.1) is 0 Å². The maximum atomic E-state index is 13.1. The fraction of sp³-hybridized carbons (Fsp3) is 0.567. The first-order chi connectivity index (χ1) is 17.3. The fourth-order valence-electron chi connectivity index (χ4n) is 5.09. The summed E-state index contributed by atoms with van der Waals surface area (Å²) in [6, 6.07) is 20.3. The van der Waals surface area contributed by atoms with Crippen molar-refractivity contribution in [3.8, 4) is 0 Å². The number of amides is 1. The fourth-order valence-corrected chi connectivity index (χ4v) is 5.09. The zero-order chi connectivity index (χ0) is 24.1. The average Bonchev–Trinajstić information content (AvgIpc) is 2.88. The molecule has 1 aliphatic heterocycles. The lowest BCUT2D eigenvalue weighted by molar-refractivity contribution is 0.00191. The first kappa shape index (κ1) is 25.7. The predicted molar refractivity (Wildman–Crippen MR) is 140 cm³/mol. The third-order valence-electron chi connectivity index (χ3n) is 7.39. The van der Waals surface area contributed by atoms with E-state index in [4.69, 9.17) is 9.47 Å². The number of hydrogen-bond acceptors (Lipinski definition) is 4. The second-order valence-corrected chi connectivity index (χ2v) is 10.1. The van der Waals surface area contributed by atoms with Crippen LogP contribution in [0.4, 0.5) is 4.79 Å². The number of likely N-dealkylation sites (tertiary alicyclic amines) is 1. The van der Waals surface area contributed by atoms with Gasteiger partial charge in [0.2, 0.25) is 0 Å². The third kappa shape index (κ3) is 8.66. The van der Waals surface area contributed by atoms with Crippen LogP contribution in [0.1, 0.15) is 68.9 Å². The van der Waals surface area contributed by atoms with Crippen molar-refractivity contribution in [2.45, 2.75) is 83.1 Å².